The molecule has 1 aliphatic carbocycles. The molecule has 1 saturated carbocycles. The van der Waals surface area contributed by atoms with Crippen molar-refractivity contribution in [1.29, 1.82) is 0 Å². The van der Waals surface area contributed by atoms with Crippen molar-refractivity contribution in [2.45, 2.75) is 51.2 Å². The Morgan fingerprint density at radius 1 is 1.45 bits per heavy atom. The van der Waals surface area contributed by atoms with Gasteiger partial charge in [0.2, 0.25) is 0 Å². The van der Waals surface area contributed by atoms with Crippen LogP contribution in [0.25, 0.3) is 0 Å². The van der Waals surface area contributed by atoms with E-state index in [1.165, 1.54) is 7.11 Å². The van der Waals surface area contributed by atoms with Crippen molar-refractivity contribution in [3.63, 3.8) is 0 Å². The van der Waals surface area contributed by atoms with Crippen molar-refractivity contribution in [1.82, 2.24) is 9.78 Å². The van der Waals surface area contributed by atoms with E-state index in [-0.39, 0.29) is 17.9 Å². The van der Waals surface area contributed by atoms with Crippen LogP contribution in [0.15, 0.2) is 6.20 Å². The maximum Gasteiger partial charge on any atom is 0.308 e. The predicted molar refractivity (Wildman–Crippen MR) is 74.9 cm³/mol. The summed E-state index contributed by atoms with van der Waals surface area (Å²) >= 11 is 0. The maximum atomic E-state index is 11.5. The number of methoxy groups -OCH3 is 1. The molecule has 2 rings (SSSR count). The summed E-state index contributed by atoms with van der Waals surface area (Å²) in [7, 11) is 1.43. The molecule has 0 bridgehead atoms. The molecule has 0 radical (unpaired) electrons. The first-order valence-corrected chi connectivity index (χ1v) is 6.98. The third-order valence-corrected chi connectivity index (χ3v) is 3.95. The molecule has 0 unspecified atom stereocenters. The van der Waals surface area contributed by atoms with Crippen LogP contribution in [0.5, 0.6) is 0 Å². The first kappa shape index (κ1) is 14.8. The number of nitrogens with two attached hydrogens (primary N) is 1. The Hall–Kier alpha value is -1.56. The molecule has 6 heteroatoms. The van der Waals surface area contributed by atoms with Crippen LogP contribution in [0.1, 0.15) is 51.3 Å². The molecule has 6 nitrogen and oxygen atoms in total. The Balaban J connectivity index is 2.06. The lowest BCUT2D eigenvalue weighted by Gasteiger charge is -2.27. The van der Waals surface area contributed by atoms with Crippen LogP contribution in [0, 0.1) is 5.92 Å². The van der Waals surface area contributed by atoms with E-state index in [0.717, 1.165) is 25.7 Å². The highest BCUT2D eigenvalue weighted by Gasteiger charge is 2.30. The number of carbonyl (C=O) groups excluding carboxylic acids is 1. The number of rotatable bonds is 3. The molecule has 0 aromatic carbocycles. The largest absolute Gasteiger partial charge is 0.469 e. The minimum atomic E-state index is -1.04. The number of nitrogens with zero attached hydrogens (tertiary/aromatic N) is 2. The molecule has 1 aliphatic rings. The maximum absolute atomic E-state index is 11.5. The highest BCUT2D eigenvalue weighted by Crippen LogP contribution is 2.34. The molecule has 0 spiro atoms. The zero-order valence-electron chi connectivity index (χ0n) is 12.3. The molecule has 0 aliphatic heterocycles. The van der Waals surface area contributed by atoms with Gasteiger partial charge in [-0.1, -0.05) is 0 Å². The summed E-state index contributed by atoms with van der Waals surface area (Å²) in [6, 6.07) is 0.231. The fourth-order valence-electron chi connectivity index (χ4n) is 2.81. The fourth-order valence-corrected chi connectivity index (χ4v) is 2.81. The second kappa shape index (κ2) is 5.44. The second-order valence-corrected chi connectivity index (χ2v) is 6.00. The lowest BCUT2D eigenvalue weighted by atomic mass is 9.86. The van der Waals surface area contributed by atoms with E-state index in [2.05, 4.69) is 5.10 Å². The van der Waals surface area contributed by atoms with Crippen molar-refractivity contribution >= 4 is 11.7 Å². The molecule has 1 aromatic heterocycles. The molecule has 1 aromatic rings. The average Bonchev–Trinajstić information content (AvgIpc) is 2.80. The van der Waals surface area contributed by atoms with Crippen LogP contribution >= 0.6 is 0 Å². The van der Waals surface area contributed by atoms with Gasteiger partial charge in [-0.3, -0.25) is 9.48 Å². The van der Waals surface area contributed by atoms with Crippen molar-refractivity contribution in [3.05, 3.63) is 11.9 Å². The molecule has 1 heterocycles. The van der Waals surface area contributed by atoms with Crippen LogP contribution in [0.4, 0.5) is 5.69 Å². The third-order valence-electron chi connectivity index (χ3n) is 3.95. The van der Waals surface area contributed by atoms with Crippen LogP contribution < -0.4 is 5.73 Å². The molecule has 1 fully saturated rings. The number of aromatic nitrogens is 2. The van der Waals surface area contributed by atoms with Gasteiger partial charge in [0.05, 0.1) is 24.8 Å². The van der Waals surface area contributed by atoms with Crippen LogP contribution in [0.3, 0.4) is 0 Å². The minimum absolute atomic E-state index is 0.00193. The van der Waals surface area contributed by atoms with Crippen LogP contribution in [-0.4, -0.2) is 28.0 Å². The van der Waals surface area contributed by atoms with Gasteiger partial charge in [0.1, 0.15) is 11.3 Å². The Morgan fingerprint density at radius 2 is 2.05 bits per heavy atom. The van der Waals surface area contributed by atoms with E-state index in [4.69, 9.17) is 10.5 Å². The number of ether oxygens (including phenoxy) is 1. The number of aliphatic hydroxyl groups is 1. The van der Waals surface area contributed by atoms with Gasteiger partial charge < -0.3 is 15.6 Å². The number of anilines is 1. The Bertz CT molecular complexity index is 482. The number of esters is 1. The predicted octanol–water partition coefficient (Wildman–Crippen LogP) is 1.60. The smallest absolute Gasteiger partial charge is 0.308 e. The van der Waals surface area contributed by atoms with E-state index >= 15 is 0 Å². The SMILES string of the molecule is COC(=O)[C@H]1CC[C@H](n2cc(N)c(C(C)(C)O)n2)CC1. The van der Waals surface area contributed by atoms with Crippen molar-refractivity contribution < 1.29 is 14.6 Å². The first-order chi connectivity index (χ1) is 9.32. The van der Waals surface area contributed by atoms with E-state index < -0.39 is 5.60 Å². The van der Waals surface area contributed by atoms with E-state index in [1.54, 1.807) is 20.0 Å². The van der Waals surface area contributed by atoms with E-state index in [0.29, 0.717) is 11.4 Å². The standard InChI is InChI=1S/C14H23N3O3/c1-14(2,19)12-11(15)8-17(16-12)10-6-4-9(5-7-10)13(18)20-3/h8-10,19H,4-7,15H2,1-3H3/t9-,10-. The molecule has 3 N–H and O–H groups in total. The summed E-state index contributed by atoms with van der Waals surface area (Å²) < 4.78 is 6.61. The summed E-state index contributed by atoms with van der Waals surface area (Å²) in [5.74, 6) is -0.126. The normalized spacial score (nSPS) is 23.6. The van der Waals surface area contributed by atoms with Gasteiger partial charge in [-0.15, -0.1) is 0 Å². The zero-order valence-corrected chi connectivity index (χ0v) is 12.3. The topological polar surface area (TPSA) is 90.4 Å². The molecule has 0 saturated heterocycles. The lowest BCUT2D eigenvalue weighted by Crippen LogP contribution is -2.25. The number of nitrogen functional groups attached to an aromatic ring is 1. The molecule has 112 valence electrons. The molecule has 0 amide bonds. The third kappa shape index (κ3) is 2.95. The fraction of sp³-hybridized carbons (Fsp3) is 0.714. The molecular formula is C14H23N3O3. The molecule has 20 heavy (non-hydrogen) atoms. The van der Waals surface area contributed by atoms with Gasteiger partial charge in [-0.2, -0.15) is 5.10 Å². The van der Waals surface area contributed by atoms with Crippen molar-refractivity contribution in [2.24, 2.45) is 5.92 Å². The van der Waals surface area contributed by atoms with Crippen molar-refractivity contribution in [3.8, 4) is 0 Å². The van der Waals surface area contributed by atoms with Gasteiger partial charge in [-0.25, -0.2) is 0 Å². The summed E-state index contributed by atoms with van der Waals surface area (Å²) in [5, 5.41) is 14.4. The summed E-state index contributed by atoms with van der Waals surface area (Å²) in [6.07, 6.45) is 5.11. The second-order valence-electron chi connectivity index (χ2n) is 6.00. The molecule has 0 atom stereocenters. The highest BCUT2D eigenvalue weighted by atomic mass is 16.5. The van der Waals surface area contributed by atoms with Gasteiger partial charge in [-0.05, 0) is 39.5 Å². The Morgan fingerprint density at radius 3 is 2.50 bits per heavy atom. The number of carbonyl (C=O) groups is 1. The van der Waals surface area contributed by atoms with Crippen LogP contribution in [-0.2, 0) is 15.1 Å². The van der Waals surface area contributed by atoms with E-state index in [1.807, 2.05) is 4.68 Å². The average molecular weight is 281 g/mol. The first-order valence-electron chi connectivity index (χ1n) is 6.98. The van der Waals surface area contributed by atoms with Crippen LogP contribution in [0.2, 0.25) is 0 Å². The van der Waals surface area contributed by atoms with Gasteiger partial charge >= 0.3 is 5.97 Å². The number of hydrogen-bond acceptors (Lipinski definition) is 5. The van der Waals surface area contributed by atoms with Gasteiger partial charge in [0, 0.05) is 6.20 Å². The lowest BCUT2D eigenvalue weighted by molar-refractivity contribution is -0.146. The summed E-state index contributed by atoms with van der Waals surface area (Å²) in [5.41, 5.74) is 5.88. The Labute approximate surface area is 118 Å². The quantitative estimate of drug-likeness (QED) is 0.821. The van der Waals surface area contributed by atoms with Gasteiger partial charge in [0.25, 0.3) is 0 Å². The monoisotopic (exact) mass is 281 g/mol. The summed E-state index contributed by atoms with van der Waals surface area (Å²) in [6.45, 7) is 3.34. The van der Waals surface area contributed by atoms with E-state index in [9.17, 15) is 9.90 Å². The van der Waals surface area contributed by atoms with Crippen molar-refractivity contribution in [2.75, 3.05) is 12.8 Å². The van der Waals surface area contributed by atoms with Gasteiger partial charge in [0.15, 0.2) is 0 Å². The summed E-state index contributed by atoms with van der Waals surface area (Å²) in [4.78, 5) is 11.5. The minimum Gasteiger partial charge on any atom is -0.469 e. The highest BCUT2D eigenvalue weighted by molar-refractivity contribution is 5.72. The Kier molecular flexibility index (Phi) is 4.04. The zero-order chi connectivity index (χ0) is 14.9. The number of hydrogen-bond donors (Lipinski definition) is 2. The molecular weight excluding hydrogens is 258 g/mol.